The summed E-state index contributed by atoms with van der Waals surface area (Å²) in [4.78, 5) is 34.1. The van der Waals surface area contributed by atoms with Gasteiger partial charge in [0, 0.05) is 12.6 Å². The fraction of sp³-hybridized carbons (Fsp3) is 0.800. The van der Waals surface area contributed by atoms with E-state index in [2.05, 4.69) is 10.6 Å². The molecule has 0 aromatic carbocycles. The lowest BCUT2D eigenvalue weighted by atomic mass is 9.82. The summed E-state index contributed by atoms with van der Waals surface area (Å²) >= 11 is 0. The molecule has 2 amide bonds. The summed E-state index contributed by atoms with van der Waals surface area (Å²) in [7, 11) is 0. The number of carbonyl (C=O) groups excluding carboxylic acids is 1. The molecule has 0 atom stereocenters. The molecular formula is C15H26N2O5. The van der Waals surface area contributed by atoms with Crippen molar-refractivity contribution in [3.05, 3.63) is 0 Å². The van der Waals surface area contributed by atoms with Crippen molar-refractivity contribution in [2.24, 2.45) is 11.3 Å². The van der Waals surface area contributed by atoms with Gasteiger partial charge in [0.1, 0.15) is 0 Å². The monoisotopic (exact) mass is 314 g/mol. The number of amides is 2. The first-order chi connectivity index (χ1) is 10.3. The normalized spacial score (nSPS) is 21.9. The van der Waals surface area contributed by atoms with Crippen molar-refractivity contribution in [2.45, 2.75) is 58.4 Å². The molecule has 0 radical (unpaired) electrons. The van der Waals surface area contributed by atoms with Crippen molar-refractivity contribution < 1.29 is 24.6 Å². The van der Waals surface area contributed by atoms with E-state index in [4.69, 9.17) is 5.11 Å². The van der Waals surface area contributed by atoms with E-state index in [0.717, 1.165) is 0 Å². The molecule has 0 aromatic rings. The Morgan fingerprint density at radius 2 is 1.59 bits per heavy atom. The first-order valence-corrected chi connectivity index (χ1v) is 7.85. The van der Waals surface area contributed by atoms with Gasteiger partial charge < -0.3 is 20.8 Å². The maximum atomic E-state index is 11.9. The van der Waals surface area contributed by atoms with E-state index in [0.29, 0.717) is 38.5 Å². The van der Waals surface area contributed by atoms with Crippen molar-refractivity contribution in [3.8, 4) is 0 Å². The Bertz CT molecular complexity index is 412. The van der Waals surface area contributed by atoms with Crippen LogP contribution in [-0.4, -0.2) is 40.8 Å². The van der Waals surface area contributed by atoms with Crippen LogP contribution in [0, 0.1) is 11.3 Å². The van der Waals surface area contributed by atoms with E-state index in [1.807, 2.05) is 0 Å². The van der Waals surface area contributed by atoms with Crippen LogP contribution in [0.3, 0.4) is 0 Å². The average molecular weight is 314 g/mol. The Morgan fingerprint density at radius 1 is 1.05 bits per heavy atom. The maximum absolute atomic E-state index is 11.9. The zero-order valence-corrected chi connectivity index (χ0v) is 13.2. The molecule has 0 unspecified atom stereocenters. The molecule has 1 saturated carbocycles. The number of carbonyl (C=O) groups is 3. The van der Waals surface area contributed by atoms with Gasteiger partial charge in [0.15, 0.2) is 0 Å². The minimum Gasteiger partial charge on any atom is -0.481 e. The highest BCUT2D eigenvalue weighted by molar-refractivity contribution is 5.78. The number of aliphatic carboxylic acids is 2. The fourth-order valence-electron chi connectivity index (χ4n) is 2.85. The minimum atomic E-state index is -0.932. The topological polar surface area (TPSA) is 116 Å². The van der Waals surface area contributed by atoms with Gasteiger partial charge in [-0.2, -0.15) is 0 Å². The Balaban J connectivity index is 2.41. The summed E-state index contributed by atoms with van der Waals surface area (Å²) < 4.78 is 0. The van der Waals surface area contributed by atoms with Crippen molar-refractivity contribution in [3.63, 3.8) is 0 Å². The largest absolute Gasteiger partial charge is 0.481 e. The van der Waals surface area contributed by atoms with Crippen molar-refractivity contribution >= 4 is 18.0 Å². The third-order valence-corrected chi connectivity index (χ3v) is 4.81. The molecule has 0 heterocycles. The van der Waals surface area contributed by atoms with E-state index in [-0.39, 0.29) is 24.5 Å². The molecule has 7 nitrogen and oxygen atoms in total. The van der Waals surface area contributed by atoms with Gasteiger partial charge in [0.05, 0.1) is 11.3 Å². The van der Waals surface area contributed by atoms with Gasteiger partial charge in [-0.25, -0.2) is 4.79 Å². The standard InChI is InChI=1S/C15H26N2O5/c1-3-15(4-2,13(20)21)9-16-14(22)17-11-7-5-10(6-8-11)12(18)19/h10-11H,3-9H2,1-2H3,(H,18,19)(H,20,21)(H2,16,17,22). The van der Waals surface area contributed by atoms with Gasteiger partial charge in [0.2, 0.25) is 0 Å². The number of nitrogens with one attached hydrogen (secondary N) is 2. The lowest BCUT2D eigenvalue weighted by Crippen LogP contribution is -2.49. The zero-order chi connectivity index (χ0) is 16.8. The number of carboxylic acids is 2. The molecule has 1 rings (SSSR count). The minimum absolute atomic E-state index is 0.0434. The molecule has 126 valence electrons. The molecule has 22 heavy (non-hydrogen) atoms. The molecule has 1 aliphatic rings. The molecule has 0 spiro atoms. The first kappa shape index (κ1) is 18.3. The third kappa shape index (κ3) is 4.61. The van der Waals surface area contributed by atoms with Crippen LogP contribution < -0.4 is 10.6 Å². The highest BCUT2D eigenvalue weighted by Crippen LogP contribution is 2.26. The first-order valence-electron chi connectivity index (χ1n) is 7.85. The summed E-state index contributed by atoms with van der Waals surface area (Å²) in [5, 5.41) is 23.7. The van der Waals surface area contributed by atoms with E-state index >= 15 is 0 Å². The van der Waals surface area contributed by atoms with E-state index in [1.54, 1.807) is 13.8 Å². The predicted molar refractivity (Wildman–Crippen MR) is 80.6 cm³/mol. The van der Waals surface area contributed by atoms with E-state index in [1.165, 1.54) is 0 Å². The Morgan fingerprint density at radius 3 is 2.00 bits per heavy atom. The van der Waals surface area contributed by atoms with Gasteiger partial charge in [-0.05, 0) is 38.5 Å². The number of hydrogen-bond donors (Lipinski definition) is 4. The van der Waals surface area contributed by atoms with Crippen molar-refractivity contribution in [1.82, 2.24) is 10.6 Å². The highest BCUT2D eigenvalue weighted by atomic mass is 16.4. The molecule has 1 fully saturated rings. The summed E-state index contributed by atoms with van der Waals surface area (Å²) in [6, 6.07) is -0.426. The SMILES string of the molecule is CCC(CC)(CNC(=O)NC1CCC(C(=O)O)CC1)C(=O)O. The quantitative estimate of drug-likeness (QED) is 0.572. The highest BCUT2D eigenvalue weighted by Gasteiger charge is 2.35. The third-order valence-electron chi connectivity index (χ3n) is 4.81. The average Bonchev–Trinajstić information content (AvgIpc) is 2.49. The molecule has 0 saturated heterocycles. The van der Waals surface area contributed by atoms with Crippen LogP contribution in [0.1, 0.15) is 52.4 Å². The number of rotatable bonds is 7. The molecule has 4 N–H and O–H groups in total. The maximum Gasteiger partial charge on any atom is 0.315 e. The summed E-state index contributed by atoms with van der Waals surface area (Å²) in [5.74, 6) is -2.00. The molecule has 0 aliphatic heterocycles. The number of carboxylic acid groups (broad SMARTS) is 2. The Labute approximate surface area is 130 Å². The van der Waals surface area contributed by atoms with Crippen molar-refractivity contribution in [2.75, 3.05) is 6.54 Å². The number of urea groups is 1. The summed E-state index contributed by atoms with van der Waals surface area (Å²) in [6.07, 6.45) is 3.28. The smallest absolute Gasteiger partial charge is 0.315 e. The Hall–Kier alpha value is -1.79. The second kappa shape index (κ2) is 8.00. The van der Waals surface area contributed by atoms with Crippen LogP contribution in [-0.2, 0) is 9.59 Å². The predicted octanol–water partition coefficient (Wildman–Crippen LogP) is 1.82. The molecule has 7 heteroatoms. The summed E-state index contributed by atoms with van der Waals surface area (Å²) in [5.41, 5.74) is -0.932. The van der Waals surface area contributed by atoms with Crippen molar-refractivity contribution in [1.29, 1.82) is 0 Å². The fourth-order valence-corrected chi connectivity index (χ4v) is 2.85. The lowest BCUT2D eigenvalue weighted by molar-refractivity contribution is -0.149. The number of hydrogen-bond acceptors (Lipinski definition) is 3. The van der Waals surface area contributed by atoms with Crippen LogP contribution in [0.2, 0.25) is 0 Å². The lowest BCUT2D eigenvalue weighted by Gasteiger charge is -2.29. The van der Waals surface area contributed by atoms with Gasteiger partial charge in [0.25, 0.3) is 0 Å². The Kier molecular flexibility index (Phi) is 6.64. The molecule has 0 bridgehead atoms. The second-order valence-corrected chi connectivity index (χ2v) is 6.01. The van der Waals surface area contributed by atoms with Gasteiger partial charge in [-0.15, -0.1) is 0 Å². The van der Waals surface area contributed by atoms with Crippen LogP contribution in [0.5, 0.6) is 0 Å². The second-order valence-electron chi connectivity index (χ2n) is 6.01. The van der Waals surface area contributed by atoms with Crippen LogP contribution >= 0.6 is 0 Å². The summed E-state index contributed by atoms with van der Waals surface area (Å²) in [6.45, 7) is 3.68. The van der Waals surface area contributed by atoms with E-state index in [9.17, 15) is 19.5 Å². The van der Waals surface area contributed by atoms with E-state index < -0.39 is 17.4 Å². The molecule has 0 aromatic heterocycles. The molecule has 1 aliphatic carbocycles. The van der Waals surface area contributed by atoms with Gasteiger partial charge in [-0.3, -0.25) is 9.59 Å². The van der Waals surface area contributed by atoms with Crippen LogP contribution in [0.4, 0.5) is 4.79 Å². The van der Waals surface area contributed by atoms with Gasteiger partial charge >= 0.3 is 18.0 Å². The zero-order valence-electron chi connectivity index (χ0n) is 13.2. The van der Waals surface area contributed by atoms with Crippen LogP contribution in [0.15, 0.2) is 0 Å². The molecular weight excluding hydrogens is 288 g/mol. The van der Waals surface area contributed by atoms with Gasteiger partial charge in [-0.1, -0.05) is 13.8 Å². The van der Waals surface area contributed by atoms with Crippen LogP contribution in [0.25, 0.3) is 0 Å².